The number of ether oxygens (including phenoxy) is 1. The summed E-state index contributed by atoms with van der Waals surface area (Å²) in [6.45, 7) is 2.73. The summed E-state index contributed by atoms with van der Waals surface area (Å²) in [6.07, 6.45) is 4.89. The number of carbonyl (C=O) groups is 1. The molecule has 0 saturated carbocycles. The second-order valence-corrected chi connectivity index (χ2v) is 6.37. The molecule has 0 bridgehead atoms. The van der Waals surface area contributed by atoms with Crippen molar-refractivity contribution in [2.24, 2.45) is 0 Å². The lowest BCUT2D eigenvalue weighted by Gasteiger charge is -2.28. The number of hydrogen-bond donors (Lipinski definition) is 2. The fourth-order valence-electron chi connectivity index (χ4n) is 3.30. The van der Waals surface area contributed by atoms with Crippen LogP contribution < -0.4 is 5.32 Å². The fourth-order valence-corrected chi connectivity index (χ4v) is 3.30. The second kappa shape index (κ2) is 7.15. The normalized spacial score (nSPS) is 16.8. The molecule has 124 valence electrons. The van der Waals surface area contributed by atoms with Gasteiger partial charge in [0.15, 0.2) is 0 Å². The van der Waals surface area contributed by atoms with Gasteiger partial charge in [0, 0.05) is 29.9 Å². The standard InChI is InChI=1S/C18H25N3O2/c1-21-8-5-13(6-9-21)16-12-19-17-4-3-14(11-15(16)17)20-18(22)7-10-23-2/h3-4,11-13,19H,5-10H2,1-2H3,(H,20,22). The Morgan fingerprint density at radius 2 is 2.17 bits per heavy atom. The number of methoxy groups -OCH3 is 1. The number of aromatic amines is 1. The van der Waals surface area contributed by atoms with E-state index >= 15 is 0 Å². The first-order chi connectivity index (χ1) is 11.2. The van der Waals surface area contributed by atoms with Crippen molar-refractivity contribution in [1.29, 1.82) is 0 Å². The van der Waals surface area contributed by atoms with Crippen molar-refractivity contribution in [2.45, 2.75) is 25.2 Å². The largest absolute Gasteiger partial charge is 0.384 e. The zero-order chi connectivity index (χ0) is 16.2. The lowest BCUT2D eigenvalue weighted by Crippen LogP contribution is -2.29. The van der Waals surface area contributed by atoms with Crippen molar-refractivity contribution in [3.05, 3.63) is 30.0 Å². The highest BCUT2D eigenvalue weighted by Crippen LogP contribution is 2.34. The van der Waals surface area contributed by atoms with Gasteiger partial charge < -0.3 is 19.9 Å². The lowest BCUT2D eigenvalue weighted by molar-refractivity contribution is -0.117. The molecule has 0 spiro atoms. The monoisotopic (exact) mass is 315 g/mol. The zero-order valence-electron chi connectivity index (χ0n) is 13.9. The Morgan fingerprint density at radius 3 is 2.91 bits per heavy atom. The molecular weight excluding hydrogens is 290 g/mol. The molecule has 2 heterocycles. The zero-order valence-corrected chi connectivity index (χ0v) is 13.9. The molecule has 5 heteroatoms. The van der Waals surface area contributed by atoms with Crippen molar-refractivity contribution in [3.8, 4) is 0 Å². The molecule has 0 atom stereocenters. The Labute approximate surface area is 137 Å². The Balaban J connectivity index is 1.78. The summed E-state index contributed by atoms with van der Waals surface area (Å²) in [6, 6.07) is 6.08. The fraction of sp³-hybridized carbons (Fsp3) is 0.500. The van der Waals surface area contributed by atoms with Crippen LogP contribution in [0, 0.1) is 0 Å². The molecule has 23 heavy (non-hydrogen) atoms. The summed E-state index contributed by atoms with van der Waals surface area (Å²) in [7, 11) is 3.78. The molecule has 1 aromatic heterocycles. The lowest BCUT2D eigenvalue weighted by atomic mass is 9.89. The number of H-pyrrole nitrogens is 1. The Kier molecular flexibility index (Phi) is 4.98. The van der Waals surface area contributed by atoms with E-state index in [2.05, 4.69) is 34.5 Å². The third-order valence-electron chi connectivity index (χ3n) is 4.69. The van der Waals surface area contributed by atoms with Crippen molar-refractivity contribution in [1.82, 2.24) is 9.88 Å². The van der Waals surface area contributed by atoms with Gasteiger partial charge in [-0.2, -0.15) is 0 Å². The molecule has 1 aliphatic heterocycles. The van der Waals surface area contributed by atoms with E-state index in [1.807, 2.05) is 12.1 Å². The summed E-state index contributed by atoms with van der Waals surface area (Å²) in [5, 5.41) is 4.18. The molecule has 1 aromatic carbocycles. The SMILES string of the molecule is COCCC(=O)Nc1ccc2[nH]cc(C3CCN(C)CC3)c2c1. The highest BCUT2D eigenvalue weighted by Gasteiger charge is 2.21. The van der Waals surface area contributed by atoms with Gasteiger partial charge in [0.1, 0.15) is 0 Å². The van der Waals surface area contributed by atoms with Gasteiger partial charge >= 0.3 is 0 Å². The van der Waals surface area contributed by atoms with Gasteiger partial charge in [0.2, 0.25) is 5.91 Å². The van der Waals surface area contributed by atoms with Crippen LogP contribution in [0.4, 0.5) is 5.69 Å². The number of likely N-dealkylation sites (tertiary alicyclic amines) is 1. The molecule has 0 radical (unpaired) electrons. The smallest absolute Gasteiger partial charge is 0.226 e. The number of carbonyl (C=O) groups excluding carboxylic acids is 1. The summed E-state index contributed by atoms with van der Waals surface area (Å²) in [4.78, 5) is 17.6. The maximum atomic E-state index is 11.9. The number of rotatable bonds is 5. The summed E-state index contributed by atoms with van der Waals surface area (Å²) in [5.41, 5.74) is 3.36. The van der Waals surface area contributed by atoms with Crippen LogP contribution in [0.5, 0.6) is 0 Å². The average molecular weight is 315 g/mol. The number of nitrogens with zero attached hydrogens (tertiary/aromatic N) is 1. The van der Waals surface area contributed by atoms with Crippen LogP contribution in [0.15, 0.2) is 24.4 Å². The Bertz CT molecular complexity index is 672. The Morgan fingerprint density at radius 1 is 1.39 bits per heavy atom. The third-order valence-corrected chi connectivity index (χ3v) is 4.69. The quantitative estimate of drug-likeness (QED) is 0.892. The van der Waals surface area contributed by atoms with Crippen molar-refractivity contribution >= 4 is 22.5 Å². The number of fused-ring (bicyclic) bond motifs is 1. The van der Waals surface area contributed by atoms with Crippen LogP contribution >= 0.6 is 0 Å². The van der Waals surface area contributed by atoms with Crippen LogP contribution in [-0.4, -0.2) is 49.6 Å². The van der Waals surface area contributed by atoms with Crippen molar-refractivity contribution in [3.63, 3.8) is 0 Å². The molecule has 1 saturated heterocycles. The van der Waals surface area contributed by atoms with Gasteiger partial charge in [-0.15, -0.1) is 0 Å². The molecule has 1 fully saturated rings. The number of benzene rings is 1. The van der Waals surface area contributed by atoms with Gasteiger partial charge in [-0.25, -0.2) is 0 Å². The third kappa shape index (κ3) is 3.74. The number of aromatic nitrogens is 1. The number of piperidine rings is 1. The predicted molar refractivity (Wildman–Crippen MR) is 92.9 cm³/mol. The molecular formula is C18H25N3O2. The van der Waals surface area contributed by atoms with Gasteiger partial charge in [-0.1, -0.05) is 0 Å². The first kappa shape index (κ1) is 16.0. The minimum atomic E-state index is -0.0115. The summed E-state index contributed by atoms with van der Waals surface area (Å²) >= 11 is 0. The highest BCUT2D eigenvalue weighted by atomic mass is 16.5. The minimum absolute atomic E-state index is 0.0115. The molecule has 0 unspecified atom stereocenters. The number of anilines is 1. The number of nitrogens with one attached hydrogen (secondary N) is 2. The van der Waals surface area contributed by atoms with Crippen molar-refractivity contribution < 1.29 is 9.53 Å². The van der Waals surface area contributed by atoms with Gasteiger partial charge in [0.25, 0.3) is 0 Å². The van der Waals surface area contributed by atoms with Gasteiger partial charge in [-0.05, 0) is 62.7 Å². The van der Waals surface area contributed by atoms with Crippen molar-refractivity contribution in [2.75, 3.05) is 39.2 Å². The van der Waals surface area contributed by atoms with Gasteiger partial charge in [0.05, 0.1) is 13.0 Å². The summed E-state index contributed by atoms with van der Waals surface area (Å²) in [5.74, 6) is 0.585. The van der Waals surface area contributed by atoms with E-state index in [4.69, 9.17) is 4.74 Å². The van der Waals surface area contributed by atoms with Crippen LogP contribution in [0.3, 0.4) is 0 Å². The molecule has 3 rings (SSSR count). The van der Waals surface area contributed by atoms with E-state index in [-0.39, 0.29) is 5.91 Å². The molecule has 5 nitrogen and oxygen atoms in total. The molecule has 2 aromatic rings. The van der Waals surface area contributed by atoms with E-state index in [1.54, 1.807) is 7.11 Å². The van der Waals surface area contributed by atoms with Crippen LogP contribution in [0.25, 0.3) is 10.9 Å². The molecule has 1 aliphatic rings. The first-order valence-corrected chi connectivity index (χ1v) is 8.25. The van der Waals surface area contributed by atoms with E-state index in [0.29, 0.717) is 18.9 Å². The number of amides is 1. The van der Waals surface area contributed by atoms with E-state index < -0.39 is 0 Å². The maximum absolute atomic E-state index is 11.9. The van der Waals surface area contributed by atoms with E-state index in [1.165, 1.54) is 23.8 Å². The predicted octanol–water partition coefficient (Wildman–Crippen LogP) is 2.95. The molecule has 1 amide bonds. The number of hydrogen-bond acceptors (Lipinski definition) is 3. The molecule has 2 N–H and O–H groups in total. The highest BCUT2D eigenvalue weighted by molar-refractivity contribution is 5.94. The first-order valence-electron chi connectivity index (χ1n) is 8.25. The van der Waals surface area contributed by atoms with E-state index in [9.17, 15) is 4.79 Å². The van der Waals surface area contributed by atoms with Crippen LogP contribution in [-0.2, 0) is 9.53 Å². The summed E-state index contributed by atoms with van der Waals surface area (Å²) < 4.78 is 4.95. The van der Waals surface area contributed by atoms with Crippen LogP contribution in [0.2, 0.25) is 0 Å². The minimum Gasteiger partial charge on any atom is -0.384 e. The second-order valence-electron chi connectivity index (χ2n) is 6.37. The average Bonchev–Trinajstić information content (AvgIpc) is 2.97. The van der Waals surface area contributed by atoms with E-state index in [0.717, 1.165) is 24.3 Å². The van der Waals surface area contributed by atoms with Crippen LogP contribution in [0.1, 0.15) is 30.7 Å². The van der Waals surface area contributed by atoms with Gasteiger partial charge in [-0.3, -0.25) is 4.79 Å². The Hall–Kier alpha value is -1.85. The maximum Gasteiger partial charge on any atom is 0.226 e. The molecule has 0 aliphatic carbocycles. The topological polar surface area (TPSA) is 57.4 Å².